The predicted molar refractivity (Wildman–Crippen MR) is 61.4 cm³/mol. The summed E-state index contributed by atoms with van der Waals surface area (Å²) in [6.07, 6.45) is 2.39. The van der Waals surface area contributed by atoms with Gasteiger partial charge in [0.05, 0.1) is 6.61 Å². The number of carbonyl (C=O) groups is 2. The fourth-order valence-corrected chi connectivity index (χ4v) is 2.81. The Morgan fingerprint density at radius 3 is 2.71 bits per heavy atom. The molecule has 94 valence electrons. The molecule has 17 heavy (non-hydrogen) atoms. The second-order valence-electron chi connectivity index (χ2n) is 4.89. The topological polar surface area (TPSA) is 52.6 Å². The number of rotatable bonds is 4. The molecule has 1 atom stereocenters. The van der Waals surface area contributed by atoms with Crippen LogP contribution in [0.25, 0.3) is 0 Å². The summed E-state index contributed by atoms with van der Waals surface area (Å²) >= 11 is 0. The molecule has 4 nitrogen and oxygen atoms in total. The molecule has 0 bridgehead atoms. The maximum absolute atomic E-state index is 11.9. The van der Waals surface area contributed by atoms with E-state index >= 15 is 0 Å². The Morgan fingerprint density at radius 2 is 2.00 bits per heavy atom. The van der Waals surface area contributed by atoms with Gasteiger partial charge in [0, 0.05) is 30.9 Å². The van der Waals surface area contributed by atoms with Gasteiger partial charge in [-0.25, -0.2) is 0 Å². The molecule has 0 amide bonds. The molecule has 0 N–H and O–H groups in total. The Kier molecular flexibility index (Phi) is 3.45. The summed E-state index contributed by atoms with van der Waals surface area (Å²) in [6.45, 7) is 2.40. The minimum Gasteiger partial charge on any atom is -0.359 e. The van der Waals surface area contributed by atoms with Crippen LogP contribution in [0.5, 0.6) is 0 Å². The van der Waals surface area contributed by atoms with Crippen molar-refractivity contribution >= 4 is 11.6 Å². The van der Waals surface area contributed by atoms with Crippen LogP contribution in [0.1, 0.15) is 32.6 Å². The van der Waals surface area contributed by atoms with Crippen LogP contribution in [-0.2, 0) is 19.1 Å². The molecule has 0 unspecified atom stereocenters. The van der Waals surface area contributed by atoms with Gasteiger partial charge < -0.3 is 9.47 Å². The zero-order valence-electron chi connectivity index (χ0n) is 10.4. The SMILES string of the molecule is COCOCC1=C2CCC(=O)[C@]2(C)CCC1=O. The van der Waals surface area contributed by atoms with Crippen molar-refractivity contribution in [1.82, 2.24) is 0 Å². The number of methoxy groups -OCH3 is 1. The molecule has 0 spiro atoms. The number of fused-ring (bicyclic) bond motifs is 1. The standard InChI is InChI=1S/C13H18O4/c1-13-6-5-11(14)9(7-17-8-16-2)10(13)3-4-12(13)15/h3-8H2,1-2H3/t13-/m1/s1. The summed E-state index contributed by atoms with van der Waals surface area (Å²) < 4.78 is 10.1. The third-order valence-corrected chi connectivity index (χ3v) is 3.88. The highest BCUT2D eigenvalue weighted by atomic mass is 16.7. The van der Waals surface area contributed by atoms with Gasteiger partial charge in [-0.1, -0.05) is 0 Å². The third kappa shape index (κ3) is 2.07. The van der Waals surface area contributed by atoms with Crippen molar-refractivity contribution in [2.24, 2.45) is 5.41 Å². The molecule has 0 aromatic rings. The molecule has 2 aliphatic rings. The third-order valence-electron chi connectivity index (χ3n) is 3.88. The highest BCUT2D eigenvalue weighted by Crippen LogP contribution is 2.48. The minimum absolute atomic E-state index is 0.128. The maximum atomic E-state index is 11.9. The predicted octanol–water partition coefficient (Wildman–Crippen LogP) is 1.64. The molecule has 2 rings (SSSR count). The first-order valence-electron chi connectivity index (χ1n) is 5.95. The number of carbonyl (C=O) groups excluding carboxylic acids is 2. The van der Waals surface area contributed by atoms with E-state index in [1.165, 1.54) is 0 Å². The number of Topliss-reactive ketones (excluding diaryl/α,β-unsaturated/α-hetero) is 2. The highest BCUT2D eigenvalue weighted by Gasteiger charge is 2.46. The van der Waals surface area contributed by atoms with Crippen molar-refractivity contribution in [2.45, 2.75) is 32.6 Å². The molecule has 0 saturated heterocycles. The smallest absolute Gasteiger partial charge is 0.161 e. The summed E-state index contributed by atoms with van der Waals surface area (Å²) in [5.74, 6) is 0.396. The monoisotopic (exact) mass is 238 g/mol. The fourth-order valence-electron chi connectivity index (χ4n) is 2.81. The van der Waals surface area contributed by atoms with E-state index in [1.807, 2.05) is 6.92 Å². The first-order valence-corrected chi connectivity index (χ1v) is 5.95. The molecule has 2 aliphatic carbocycles. The number of ketones is 2. The van der Waals surface area contributed by atoms with E-state index in [1.54, 1.807) is 7.11 Å². The Labute approximate surface area is 101 Å². The van der Waals surface area contributed by atoms with Gasteiger partial charge >= 0.3 is 0 Å². The summed E-state index contributed by atoms with van der Waals surface area (Å²) in [7, 11) is 1.55. The zero-order chi connectivity index (χ0) is 12.5. The average molecular weight is 238 g/mol. The van der Waals surface area contributed by atoms with Crippen molar-refractivity contribution in [3.8, 4) is 0 Å². The lowest BCUT2D eigenvalue weighted by Crippen LogP contribution is -2.31. The molecule has 0 radical (unpaired) electrons. The molecule has 0 aliphatic heterocycles. The molecule has 1 fully saturated rings. The Balaban J connectivity index is 2.25. The van der Waals surface area contributed by atoms with Gasteiger partial charge in [-0.3, -0.25) is 9.59 Å². The van der Waals surface area contributed by atoms with Crippen molar-refractivity contribution in [3.63, 3.8) is 0 Å². The highest BCUT2D eigenvalue weighted by molar-refractivity contribution is 6.03. The van der Waals surface area contributed by atoms with E-state index in [9.17, 15) is 9.59 Å². The lowest BCUT2D eigenvalue weighted by molar-refractivity contribution is -0.125. The van der Waals surface area contributed by atoms with Crippen LogP contribution in [0, 0.1) is 5.41 Å². The van der Waals surface area contributed by atoms with Gasteiger partial charge in [0.15, 0.2) is 5.78 Å². The van der Waals surface area contributed by atoms with Crippen LogP contribution in [0.15, 0.2) is 11.1 Å². The van der Waals surface area contributed by atoms with E-state index < -0.39 is 5.41 Å². The summed E-state index contributed by atoms with van der Waals surface area (Å²) in [6, 6.07) is 0. The van der Waals surface area contributed by atoms with E-state index in [2.05, 4.69) is 0 Å². The molecular formula is C13H18O4. The van der Waals surface area contributed by atoms with Crippen LogP contribution in [0.2, 0.25) is 0 Å². The van der Waals surface area contributed by atoms with Crippen LogP contribution in [0.3, 0.4) is 0 Å². The van der Waals surface area contributed by atoms with Crippen molar-refractivity contribution in [1.29, 1.82) is 0 Å². The molecule has 0 aromatic heterocycles. The zero-order valence-corrected chi connectivity index (χ0v) is 10.4. The Hall–Kier alpha value is -1.00. The van der Waals surface area contributed by atoms with Gasteiger partial charge in [0.2, 0.25) is 0 Å². The lowest BCUT2D eigenvalue weighted by atomic mass is 9.72. The second-order valence-corrected chi connectivity index (χ2v) is 4.89. The number of hydrogen-bond donors (Lipinski definition) is 0. The average Bonchev–Trinajstić information content (AvgIpc) is 2.60. The van der Waals surface area contributed by atoms with Crippen LogP contribution < -0.4 is 0 Å². The van der Waals surface area contributed by atoms with E-state index in [-0.39, 0.29) is 25.0 Å². The summed E-state index contributed by atoms with van der Waals surface area (Å²) in [4.78, 5) is 23.8. The first kappa shape index (κ1) is 12.5. The summed E-state index contributed by atoms with van der Waals surface area (Å²) in [5, 5.41) is 0. The molecule has 4 heteroatoms. The molecule has 0 aromatic carbocycles. The first-order chi connectivity index (χ1) is 8.09. The van der Waals surface area contributed by atoms with Gasteiger partial charge in [-0.15, -0.1) is 0 Å². The quantitative estimate of drug-likeness (QED) is 0.552. The number of ether oxygens (including phenoxy) is 2. The second kappa shape index (κ2) is 4.70. The Morgan fingerprint density at radius 1 is 1.24 bits per heavy atom. The van der Waals surface area contributed by atoms with Crippen LogP contribution >= 0.6 is 0 Å². The van der Waals surface area contributed by atoms with Gasteiger partial charge in [-0.2, -0.15) is 0 Å². The van der Waals surface area contributed by atoms with E-state index in [0.717, 1.165) is 5.57 Å². The fraction of sp³-hybridized carbons (Fsp3) is 0.692. The normalized spacial score (nSPS) is 28.8. The number of hydrogen-bond acceptors (Lipinski definition) is 4. The number of allylic oxidation sites excluding steroid dienone is 1. The van der Waals surface area contributed by atoms with Crippen molar-refractivity contribution in [3.05, 3.63) is 11.1 Å². The van der Waals surface area contributed by atoms with Gasteiger partial charge in [-0.05, 0) is 25.3 Å². The van der Waals surface area contributed by atoms with Crippen molar-refractivity contribution < 1.29 is 19.1 Å². The molecule has 0 heterocycles. The van der Waals surface area contributed by atoms with Crippen LogP contribution in [0.4, 0.5) is 0 Å². The minimum atomic E-state index is -0.403. The summed E-state index contributed by atoms with van der Waals surface area (Å²) in [5.41, 5.74) is 1.32. The largest absolute Gasteiger partial charge is 0.359 e. The van der Waals surface area contributed by atoms with Crippen LogP contribution in [-0.4, -0.2) is 32.1 Å². The molecular weight excluding hydrogens is 220 g/mol. The maximum Gasteiger partial charge on any atom is 0.161 e. The van der Waals surface area contributed by atoms with Gasteiger partial charge in [0.25, 0.3) is 0 Å². The lowest BCUT2D eigenvalue weighted by Gasteiger charge is -2.30. The molecule has 1 saturated carbocycles. The van der Waals surface area contributed by atoms with E-state index in [0.29, 0.717) is 31.3 Å². The van der Waals surface area contributed by atoms with Crippen molar-refractivity contribution in [2.75, 3.05) is 20.5 Å². The van der Waals surface area contributed by atoms with Gasteiger partial charge in [0.1, 0.15) is 12.6 Å². The Bertz CT molecular complexity index is 383. The van der Waals surface area contributed by atoms with E-state index in [4.69, 9.17) is 9.47 Å².